The molecule has 0 amide bonds. The molecule has 2 N–H and O–H groups in total. The minimum atomic E-state index is -0.951. The Morgan fingerprint density at radius 1 is 1.08 bits per heavy atom. The second-order valence-corrected chi connectivity index (χ2v) is 9.67. The van der Waals surface area contributed by atoms with E-state index in [9.17, 15) is 9.90 Å². The molecular formula is C29H27N3O3S. The normalized spacial score (nSPS) is 17.4. The Morgan fingerprint density at radius 2 is 1.86 bits per heavy atom. The molecule has 2 atom stereocenters. The predicted molar refractivity (Wildman–Crippen MR) is 144 cm³/mol. The highest BCUT2D eigenvalue weighted by atomic mass is 32.1. The summed E-state index contributed by atoms with van der Waals surface area (Å²) in [6.07, 6.45) is 1.78. The number of aryl methyl sites for hydroxylation is 1. The molecule has 0 radical (unpaired) electrons. The van der Waals surface area contributed by atoms with Crippen LogP contribution in [0.4, 0.5) is 5.69 Å². The maximum atomic E-state index is 11.4. The van der Waals surface area contributed by atoms with E-state index < -0.39 is 5.97 Å². The Bertz CT molecular complexity index is 1410. The van der Waals surface area contributed by atoms with Crippen LogP contribution in [0.1, 0.15) is 64.8 Å². The SMILES string of the molecule is Cc1cc(C(=O)O)ccc1-c1ccc([C@H]2[C@@H](c3ccccn3)NC(=S)N2c2ccc(C(C)C)cc2)o1. The molecule has 2 aromatic carbocycles. The van der Waals surface area contributed by atoms with E-state index in [0.29, 0.717) is 16.8 Å². The Morgan fingerprint density at radius 3 is 2.50 bits per heavy atom. The van der Waals surface area contributed by atoms with E-state index in [0.717, 1.165) is 28.3 Å². The minimum Gasteiger partial charge on any atom is -0.478 e. The van der Waals surface area contributed by atoms with Crippen molar-refractivity contribution in [3.8, 4) is 11.3 Å². The van der Waals surface area contributed by atoms with Gasteiger partial charge in [0.15, 0.2) is 5.11 Å². The molecule has 36 heavy (non-hydrogen) atoms. The Kier molecular flexibility index (Phi) is 6.33. The number of carboxylic acids is 1. The summed E-state index contributed by atoms with van der Waals surface area (Å²) in [5.74, 6) is 0.894. The van der Waals surface area contributed by atoms with E-state index in [2.05, 4.69) is 53.3 Å². The van der Waals surface area contributed by atoms with E-state index in [4.69, 9.17) is 16.6 Å². The van der Waals surface area contributed by atoms with Crippen molar-refractivity contribution in [1.29, 1.82) is 0 Å². The standard InChI is InChI=1S/C29H27N3O3S/c1-17(2)19-7-10-21(11-8-19)32-27(26(31-29(32)36)23-6-4-5-15-30-23)25-14-13-24(35-25)22-12-9-20(28(33)34)16-18(22)3/h4-17,26-27H,1-3H3,(H,31,36)(H,33,34)/t26-,27+/m1/s1. The van der Waals surface area contributed by atoms with Gasteiger partial charge < -0.3 is 19.7 Å². The van der Waals surface area contributed by atoms with Crippen LogP contribution in [0.25, 0.3) is 11.3 Å². The van der Waals surface area contributed by atoms with Crippen molar-refractivity contribution in [1.82, 2.24) is 10.3 Å². The summed E-state index contributed by atoms with van der Waals surface area (Å²) in [5, 5.41) is 13.4. The molecule has 1 aliphatic heterocycles. The molecule has 1 fully saturated rings. The summed E-state index contributed by atoms with van der Waals surface area (Å²) >= 11 is 5.81. The summed E-state index contributed by atoms with van der Waals surface area (Å²) in [6, 6.07) is 22.8. The number of aromatic carboxylic acids is 1. The van der Waals surface area contributed by atoms with Gasteiger partial charge in [0, 0.05) is 17.4 Å². The van der Waals surface area contributed by atoms with Crippen LogP contribution in [0, 0.1) is 6.92 Å². The number of hydrogen-bond acceptors (Lipinski definition) is 4. The van der Waals surface area contributed by atoms with Gasteiger partial charge >= 0.3 is 5.97 Å². The van der Waals surface area contributed by atoms with E-state index in [-0.39, 0.29) is 17.6 Å². The summed E-state index contributed by atoms with van der Waals surface area (Å²) < 4.78 is 6.43. The molecule has 0 saturated carbocycles. The van der Waals surface area contributed by atoms with Crippen molar-refractivity contribution in [3.63, 3.8) is 0 Å². The monoisotopic (exact) mass is 497 g/mol. The van der Waals surface area contributed by atoms with Gasteiger partial charge in [-0.05, 0) is 84.7 Å². The van der Waals surface area contributed by atoms with Crippen molar-refractivity contribution >= 4 is 29.0 Å². The maximum absolute atomic E-state index is 11.4. The van der Waals surface area contributed by atoms with Gasteiger partial charge in [-0.3, -0.25) is 4.98 Å². The zero-order chi connectivity index (χ0) is 25.4. The maximum Gasteiger partial charge on any atom is 0.335 e. The van der Waals surface area contributed by atoms with Crippen LogP contribution in [0.5, 0.6) is 0 Å². The Balaban J connectivity index is 1.57. The molecular weight excluding hydrogens is 470 g/mol. The summed E-state index contributed by atoms with van der Waals surface area (Å²) in [6.45, 7) is 6.23. The van der Waals surface area contributed by atoms with Crippen molar-refractivity contribution in [2.24, 2.45) is 0 Å². The molecule has 6 nitrogen and oxygen atoms in total. The topological polar surface area (TPSA) is 78.6 Å². The number of anilines is 1. The molecule has 182 valence electrons. The highest BCUT2D eigenvalue weighted by Gasteiger charge is 2.42. The molecule has 1 aliphatic rings. The molecule has 1 saturated heterocycles. The van der Waals surface area contributed by atoms with Gasteiger partial charge in [0.05, 0.1) is 17.3 Å². The first-order chi connectivity index (χ1) is 17.3. The van der Waals surface area contributed by atoms with Gasteiger partial charge in [-0.2, -0.15) is 0 Å². The number of furan rings is 1. The third kappa shape index (κ3) is 4.38. The van der Waals surface area contributed by atoms with Gasteiger partial charge in [0.2, 0.25) is 0 Å². The molecule has 0 bridgehead atoms. The number of carboxylic acid groups (broad SMARTS) is 1. The lowest BCUT2D eigenvalue weighted by Crippen LogP contribution is -2.29. The first kappa shape index (κ1) is 23.8. The third-order valence-electron chi connectivity index (χ3n) is 6.59. The van der Waals surface area contributed by atoms with Crippen molar-refractivity contribution in [2.45, 2.75) is 38.8 Å². The zero-order valence-electron chi connectivity index (χ0n) is 20.3. The first-order valence-corrected chi connectivity index (χ1v) is 12.3. The molecule has 0 spiro atoms. The van der Waals surface area contributed by atoms with Crippen LogP contribution in [0.2, 0.25) is 0 Å². The Hall–Kier alpha value is -3.97. The lowest BCUT2D eigenvalue weighted by atomic mass is 10.0. The number of aromatic nitrogens is 1. The minimum absolute atomic E-state index is 0.210. The molecule has 7 heteroatoms. The summed E-state index contributed by atoms with van der Waals surface area (Å²) in [7, 11) is 0. The predicted octanol–water partition coefficient (Wildman–Crippen LogP) is 6.65. The third-order valence-corrected chi connectivity index (χ3v) is 6.91. The fraction of sp³-hybridized carbons (Fsp3) is 0.207. The average Bonchev–Trinajstić information content (AvgIpc) is 3.49. The van der Waals surface area contributed by atoms with Crippen LogP contribution >= 0.6 is 12.2 Å². The number of nitrogens with zero attached hydrogens (tertiary/aromatic N) is 2. The van der Waals surface area contributed by atoms with E-state index in [1.54, 1.807) is 24.4 Å². The average molecular weight is 498 g/mol. The van der Waals surface area contributed by atoms with Crippen LogP contribution in [-0.4, -0.2) is 21.2 Å². The van der Waals surface area contributed by atoms with Gasteiger partial charge in [-0.15, -0.1) is 0 Å². The van der Waals surface area contributed by atoms with E-state index >= 15 is 0 Å². The lowest BCUT2D eigenvalue weighted by molar-refractivity contribution is 0.0696. The Labute approximate surface area is 215 Å². The van der Waals surface area contributed by atoms with E-state index in [1.807, 2.05) is 37.3 Å². The summed E-state index contributed by atoms with van der Waals surface area (Å²) in [4.78, 5) is 18.0. The van der Waals surface area contributed by atoms with Crippen molar-refractivity contribution < 1.29 is 14.3 Å². The van der Waals surface area contributed by atoms with Crippen molar-refractivity contribution in [2.75, 3.05) is 4.90 Å². The number of nitrogens with one attached hydrogen (secondary N) is 1. The van der Waals surface area contributed by atoms with Gasteiger partial charge in [0.1, 0.15) is 17.6 Å². The summed E-state index contributed by atoms with van der Waals surface area (Å²) in [5.41, 5.74) is 5.03. The van der Waals surface area contributed by atoms with Crippen LogP contribution < -0.4 is 10.2 Å². The number of hydrogen-bond donors (Lipinski definition) is 2. The number of rotatable bonds is 6. The van der Waals surface area contributed by atoms with Crippen molar-refractivity contribution in [3.05, 3.63) is 107 Å². The fourth-order valence-electron chi connectivity index (χ4n) is 4.67. The molecule has 0 aliphatic carbocycles. The zero-order valence-corrected chi connectivity index (χ0v) is 21.1. The highest BCUT2D eigenvalue weighted by Crippen LogP contribution is 2.43. The second-order valence-electron chi connectivity index (χ2n) is 9.28. The number of benzene rings is 2. The highest BCUT2D eigenvalue weighted by molar-refractivity contribution is 7.80. The first-order valence-electron chi connectivity index (χ1n) is 11.9. The lowest BCUT2D eigenvalue weighted by Gasteiger charge is -2.26. The van der Waals surface area contributed by atoms with Crippen LogP contribution in [0.15, 0.2) is 83.4 Å². The smallest absolute Gasteiger partial charge is 0.335 e. The number of carbonyl (C=O) groups is 1. The number of thiocarbonyl (C=S) groups is 1. The molecule has 5 rings (SSSR count). The molecule has 2 aromatic heterocycles. The fourth-order valence-corrected chi connectivity index (χ4v) is 5.02. The molecule has 0 unspecified atom stereocenters. The number of pyridine rings is 1. The van der Waals surface area contributed by atoms with Gasteiger partial charge in [-0.25, -0.2) is 4.79 Å². The van der Waals surface area contributed by atoms with E-state index in [1.165, 1.54) is 5.56 Å². The van der Waals surface area contributed by atoms with Gasteiger partial charge in [0.25, 0.3) is 0 Å². The largest absolute Gasteiger partial charge is 0.478 e. The quantitative estimate of drug-likeness (QED) is 0.289. The molecule has 4 aromatic rings. The van der Waals surface area contributed by atoms with Crippen LogP contribution in [-0.2, 0) is 0 Å². The molecule has 3 heterocycles. The van der Waals surface area contributed by atoms with Gasteiger partial charge in [-0.1, -0.05) is 38.1 Å². The van der Waals surface area contributed by atoms with Crippen LogP contribution in [0.3, 0.4) is 0 Å². The second kappa shape index (κ2) is 9.59.